The Morgan fingerprint density at radius 2 is 2.05 bits per heavy atom. The molecule has 1 aromatic heterocycles. The van der Waals surface area contributed by atoms with Gasteiger partial charge in [-0.15, -0.1) is 0 Å². The van der Waals surface area contributed by atoms with Crippen molar-refractivity contribution in [3.05, 3.63) is 11.7 Å². The van der Waals surface area contributed by atoms with Gasteiger partial charge in [0.05, 0.1) is 5.54 Å². The van der Waals surface area contributed by atoms with Gasteiger partial charge in [-0.25, -0.2) is 0 Å². The minimum absolute atomic E-state index is 0.0210. The van der Waals surface area contributed by atoms with Crippen LogP contribution < -0.4 is 5.73 Å². The lowest BCUT2D eigenvalue weighted by Gasteiger charge is -2.33. The molecular weight excluding hydrogens is 275 g/mol. The number of rotatable bonds is 4. The molecule has 0 aromatic carbocycles. The minimum atomic E-state index is -4.36. The van der Waals surface area contributed by atoms with Crippen molar-refractivity contribution in [2.45, 2.75) is 50.9 Å². The fourth-order valence-corrected chi connectivity index (χ4v) is 2.27. The third-order valence-corrected chi connectivity index (χ3v) is 3.57. The zero-order valence-electron chi connectivity index (χ0n) is 11.2. The Morgan fingerprint density at radius 3 is 2.65 bits per heavy atom. The van der Waals surface area contributed by atoms with Crippen LogP contribution in [0.15, 0.2) is 4.52 Å². The second kappa shape index (κ2) is 5.69. The number of halogens is 3. The predicted octanol–water partition coefficient (Wildman–Crippen LogP) is 2.51. The molecule has 0 atom stereocenters. The lowest BCUT2D eigenvalue weighted by atomic mass is 9.77. The van der Waals surface area contributed by atoms with Crippen LogP contribution in [0.5, 0.6) is 0 Å². The van der Waals surface area contributed by atoms with Crippen LogP contribution in [-0.4, -0.2) is 22.9 Å². The van der Waals surface area contributed by atoms with E-state index in [0.29, 0.717) is 11.7 Å². The van der Waals surface area contributed by atoms with Crippen LogP contribution >= 0.6 is 0 Å². The fraction of sp³-hybridized carbons (Fsp3) is 0.833. The van der Waals surface area contributed by atoms with Crippen molar-refractivity contribution in [2.24, 2.45) is 11.7 Å². The molecule has 8 heteroatoms. The van der Waals surface area contributed by atoms with Gasteiger partial charge in [-0.2, -0.15) is 18.2 Å². The van der Waals surface area contributed by atoms with Gasteiger partial charge in [-0.05, 0) is 31.6 Å². The normalized spacial score (nSPS) is 27.8. The van der Waals surface area contributed by atoms with E-state index in [-0.39, 0.29) is 12.5 Å². The van der Waals surface area contributed by atoms with Crippen molar-refractivity contribution in [1.82, 2.24) is 10.1 Å². The Kier molecular flexibility index (Phi) is 4.33. The van der Waals surface area contributed by atoms with Crippen molar-refractivity contribution >= 4 is 0 Å². The number of nitrogens with zero attached hydrogens (tertiary/aromatic N) is 2. The van der Waals surface area contributed by atoms with Crippen LogP contribution in [0.2, 0.25) is 0 Å². The van der Waals surface area contributed by atoms with Gasteiger partial charge in [0, 0.05) is 0 Å². The highest BCUT2D eigenvalue weighted by Gasteiger charge is 2.36. The molecule has 1 aliphatic carbocycles. The van der Waals surface area contributed by atoms with Crippen LogP contribution in [0.3, 0.4) is 0 Å². The van der Waals surface area contributed by atoms with Crippen molar-refractivity contribution in [2.75, 3.05) is 6.61 Å². The second-order valence-corrected chi connectivity index (χ2v) is 5.46. The third-order valence-electron chi connectivity index (χ3n) is 3.57. The van der Waals surface area contributed by atoms with Crippen LogP contribution in [-0.2, 0) is 16.9 Å². The summed E-state index contributed by atoms with van der Waals surface area (Å²) < 4.78 is 45.2. The summed E-state index contributed by atoms with van der Waals surface area (Å²) in [4.78, 5) is 4.06. The van der Waals surface area contributed by atoms with E-state index in [9.17, 15) is 13.2 Å². The quantitative estimate of drug-likeness (QED) is 0.923. The summed E-state index contributed by atoms with van der Waals surface area (Å²) in [7, 11) is 0. The van der Waals surface area contributed by atoms with Gasteiger partial charge in [0.15, 0.2) is 5.82 Å². The summed E-state index contributed by atoms with van der Waals surface area (Å²) in [6.45, 7) is 0.460. The highest BCUT2D eigenvalue weighted by atomic mass is 19.4. The largest absolute Gasteiger partial charge is 0.411 e. The molecule has 0 bridgehead atoms. The molecule has 20 heavy (non-hydrogen) atoms. The van der Waals surface area contributed by atoms with E-state index in [1.54, 1.807) is 0 Å². The zero-order valence-corrected chi connectivity index (χ0v) is 11.2. The van der Waals surface area contributed by atoms with E-state index >= 15 is 0 Å². The first-order valence-corrected chi connectivity index (χ1v) is 6.55. The zero-order chi connectivity index (χ0) is 14.8. The summed E-state index contributed by atoms with van der Waals surface area (Å²) in [6.07, 6.45) is -0.916. The van der Waals surface area contributed by atoms with Crippen molar-refractivity contribution in [3.63, 3.8) is 0 Å². The molecule has 1 fully saturated rings. The molecule has 2 N–H and O–H groups in total. The molecule has 0 radical (unpaired) electrons. The lowest BCUT2D eigenvalue weighted by molar-refractivity contribution is -0.178. The number of hydrogen-bond acceptors (Lipinski definition) is 5. The van der Waals surface area contributed by atoms with Crippen molar-refractivity contribution in [1.29, 1.82) is 0 Å². The van der Waals surface area contributed by atoms with E-state index in [2.05, 4.69) is 21.8 Å². The van der Waals surface area contributed by atoms with Gasteiger partial charge in [0.1, 0.15) is 13.2 Å². The van der Waals surface area contributed by atoms with Crippen molar-refractivity contribution in [3.8, 4) is 0 Å². The molecule has 114 valence electrons. The monoisotopic (exact) mass is 293 g/mol. The lowest BCUT2D eigenvalue weighted by Crippen LogP contribution is -2.41. The predicted molar refractivity (Wildman–Crippen MR) is 63.5 cm³/mol. The minimum Gasteiger partial charge on any atom is -0.362 e. The van der Waals surface area contributed by atoms with Crippen molar-refractivity contribution < 1.29 is 22.4 Å². The highest BCUT2D eigenvalue weighted by Crippen LogP contribution is 2.35. The standard InChI is InChI=1S/C12H18F3N3O2/c1-8-2-4-11(16,5-3-8)10-17-9(20-18-10)6-19-7-12(13,14)15/h8H,2-7,16H2,1H3. The molecule has 0 saturated heterocycles. The molecule has 0 spiro atoms. The van der Waals surface area contributed by atoms with Gasteiger partial charge in [0.25, 0.3) is 5.89 Å². The van der Waals surface area contributed by atoms with Gasteiger partial charge in [-0.3, -0.25) is 0 Å². The Morgan fingerprint density at radius 1 is 1.40 bits per heavy atom. The topological polar surface area (TPSA) is 74.2 Å². The van der Waals surface area contributed by atoms with Gasteiger partial charge in [-0.1, -0.05) is 12.1 Å². The van der Waals surface area contributed by atoms with Gasteiger partial charge in [0.2, 0.25) is 0 Å². The van der Waals surface area contributed by atoms with Crippen LogP contribution in [0.25, 0.3) is 0 Å². The molecule has 5 nitrogen and oxygen atoms in total. The first-order chi connectivity index (χ1) is 9.28. The van der Waals surface area contributed by atoms with Gasteiger partial charge < -0.3 is 15.0 Å². The third kappa shape index (κ3) is 3.92. The first-order valence-electron chi connectivity index (χ1n) is 6.55. The van der Waals surface area contributed by atoms with Crippen LogP contribution in [0, 0.1) is 5.92 Å². The summed E-state index contributed by atoms with van der Waals surface area (Å²) >= 11 is 0. The summed E-state index contributed by atoms with van der Waals surface area (Å²) in [6, 6.07) is 0. The van der Waals surface area contributed by atoms with E-state index in [4.69, 9.17) is 10.3 Å². The van der Waals surface area contributed by atoms with Crippen LogP contribution in [0.1, 0.15) is 44.3 Å². The van der Waals surface area contributed by atoms with Crippen LogP contribution in [0.4, 0.5) is 13.2 Å². The molecule has 1 aliphatic rings. The number of nitrogens with two attached hydrogens (primary N) is 1. The Labute approximate surface area is 114 Å². The number of alkyl halides is 3. The molecule has 0 amide bonds. The fourth-order valence-electron chi connectivity index (χ4n) is 2.27. The average Bonchev–Trinajstić information content (AvgIpc) is 2.81. The number of aromatic nitrogens is 2. The highest BCUT2D eigenvalue weighted by molar-refractivity contribution is 5.05. The maximum absolute atomic E-state index is 11.9. The molecule has 0 unspecified atom stereocenters. The number of ether oxygens (including phenoxy) is 1. The Hall–Kier alpha value is -1.15. The molecule has 1 aromatic rings. The first kappa shape index (κ1) is 15.2. The summed E-state index contributed by atoms with van der Waals surface area (Å²) in [5.41, 5.74) is 5.61. The molecule has 1 saturated carbocycles. The Balaban J connectivity index is 1.92. The maximum atomic E-state index is 11.9. The summed E-state index contributed by atoms with van der Waals surface area (Å²) in [5, 5.41) is 3.78. The Bertz CT molecular complexity index is 439. The molecular formula is C12H18F3N3O2. The summed E-state index contributed by atoms with van der Waals surface area (Å²) in [5.74, 6) is 0.996. The number of hydrogen-bond donors (Lipinski definition) is 1. The van der Waals surface area contributed by atoms with Gasteiger partial charge >= 0.3 is 6.18 Å². The molecule has 2 rings (SSSR count). The SMILES string of the molecule is CC1CCC(N)(c2noc(COCC(F)(F)F)n2)CC1. The molecule has 0 aliphatic heterocycles. The molecule has 1 heterocycles. The average molecular weight is 293 g/mol. The second-order valence-electron chi connectivity index (χ2n) is 5.46. The van der Waals surface area contributed by atoms with E-state index in [1.165, 1.54) is 0 Å². The van der Waals surface area contributed by atoms with E-state index in [0.717, 1.165) is 25.7 Å². The maximum Gasteiger partial charge on any atom is 0.411 e. The smallest absolute Gasteiger partial charge is 0.362 e. The van der Waals surface area contributed by atoms with E-state index in [1.807, 2.05) is 0 Å². The van der Waals surface area contributed by atoms with E-state index < -0.39 is 18.3 Å².